The van der Waals surface area contributed by atoms with Gasteiger partial charge in [0.1, 0.15) is 11.6 Å². The average Bonchev–Trinajstić information content (AvgIpc) is 2.33. The van der Waals surface area contributed by atoms with Crippen LogP contribution in [0.4, 0.5) is 17.3 Å². The molecule has 0 atom stereocenters. The minimum atomic E-state index is 0.462. The zero-order valence-electron chi connectivity index (χ0n) is 10.1. The standard InChI is InChI=1S/C12H13BrN4S/c1-7-3-4-8(13)5-9(7)15-11-6-10(14)16-12(17-11)18-2/h3-6H,1-2H3,(H3,14,15,16,17). The van der Waals surface area contributed by atoms with Crippen molar-refractivity contribution in [1.29, 1.82) is 0 Å². The van der Waals surface area contributed by atoms with Crippen molar-refractivity contribution in [2.24, 2.45) is 0 Å². The third-order valence-corrected chi connectivity index (χ3v) is 3.41. The van der Waals surface area contributed by atoms with E-state index in [2.05, 4.69) is 31.2 Å². The van der Waals surface area contributed by atoms with Crippen LogP contribution in [0, 0.1) is 6.92 Å². The number of nitrogens with one attached hydrogen (secondary N) is 1. The smallest absolute Gasteiger partial charge is 0.191 e. The second-order valence-corrected chi connectivity index (χ2v) is 5.44. The van der Waals surface area contributed by atoms with Crippen LogP contribution >= 0.6 is 27.7 Å². The summed E-state index contributed by atoms with van der Waals surface area (Å²) in [5, 5.41) is 3.91. The monoisotopic (exact) mass is 324 g/mol. The van der Waals surface area contributed by atoms with Crippen LogP contribution in [0.2, 0.25) is 0 Å². The molecule has 4 nitrogen and oxygen atoms in total. The summed E-state index contributed by atoms with van der Waals surface area (Å²) in [5.74, 6) is 1.16. The minimum absolute atomic E-state index is 0.462. The third kappa shape index (κ3) is 3.14. The minimum Gasteiger partial charge on any atom is -0.383 e. The zero-order chi connectivity index (χ0) is 13.1. The first kappa shape index (κ1) is 13.2. The Morgan fingerprint density at radius 1 is 1.28 bits per heavy atom. The van der Waals surface area contributed by atoms with E-state index in [0.29, 0.717) is 16.8 Å². The van der Waals surface area contributed by atoms with Gasteiger partial charge in [-0.1, -0.05) is 33.8 Å². The van der Waals surface area contributed by atoms with Crippen LogP contribution < -0.4 is 11.1 Å². The maximum atomic E-state index is 5.74. The molecule has 1 aromatic carbocycles. The molecule has 2 aromatic rings. The van der Waals surface area contributed by atoms with Gasteiger partial charge in [-0.2, -0.15) is 0 Å². The summed E-state index contributed by atoms with van der Waals surface area (Å²) in [5.41, 5.74) is 7.88. The molecule has 0 aliphatic heterocycles. The molecule has 0 bridgehead atoms. The van der Waals surface area contributed by atoms with E-state index in [0.717, 1.165) is 15.7 Å². The van der Waals surface area contributed by atoms with E-state index >= 15 is 0 Å². The van der Waals surface area contributed by atoms with Gasteiger partial charge in [-0.05, 0) is 30.9 Å². The van der Waals surface area contributed by atoms with E-state index in [1.807, 2.05) is 31.4 Å². The third-order valence-electron chi connectivity index (χ3n) is 2.37. The first-order valence-corrected chi connectivity index (χ1v) is 7.32. The molecular formula is C12H13BrN4S. The normalized spacial score (nSPS) is 10.4. The van der Waals surface area contributed by atoms with Crippen LogP contribution in [0.15, 0.2) is 33.9 Å². The van der Waals surface area contributed by atoms with Gasteiger partial charge in [-0.3, -0.25) is 0 Å². The number of halogens is 1. The number of rotatable bonds is 3. The van der Waals surface area contributed by atoms with E-state index in [9.17, 15) is 0 Å². The van der Waals surface area contributed by atoms with Crippen LogP contribution in [-0.4, -0.2) is 16.2 Å². The average molecular weight is 325 g/mol. The molecule has 0 saturated heterocycles. The summed E-state index contributed by atoms with van der Waals surface area (Å²) in [7, 11) is 0. The highest BCUT2D eigenvalue weighted by molar-refractivity contribution is 9.10. The predicted molar refractivity (Wildman–Crippen MR) is 80.4 cm³/mol. The highest BCUT2D eigenvalue weighted by Gasteiger charge is 2.04. The van der Waals surface area contributed by atoms with Gasteiger partial charge >= 0.3 is 0 Å². The first-order chi connectivity index (χ1) is 8.58. The molecule has 18 heavy (non-hydrogen) atoms. The quantitative estimate of drug-likeness (QED) is 0.667. The Labute approximate surface area is 119 Å². The lowest BCUT2D eigenvalue weighted by Gasteiger charge is -2.10. The Balaban J connectivity index is 2.33. The lowest BCUT2D eigenvalue weighted by atomic mass is 10.2. The number of nitrogens with two attached hydrogens (primary N) is 1. The summed E-state index contributed by atoms with van der Waals surface area (Å²) < 4.78 is 1.02. The predicted octanol–water partition coefficient (Wildman–Crippen LogP) is 3.60. The van der Waals surface area contributed by atoms with Crippen molar-refractivity contribution >= 4 is 45.0 Å². The second-order valence-electron chi connectivity index (χ2n) is 3.75. The molecule has 0 amide bonds. The molecule has 1 aromatic heterocycles. The van der Waals surface area contributed by atoms with Crippen LogP contribution in [0.5, 0.6) is 0 Å². The number of benzene rings is 1. The van der Waals surface area contributed by atoms with Crippen molar-refractivity contribution in [3.8, 4) is 0 Å². The zero-order valence-corrected chi connectivity index (χ0v) is 12.5. The van der Waals surface area contributed by atoms with E-state index in [1.54, 1.807) is 6.07 Å². The van der Waals surface area contributed by atoms with E-state index in [1.165, 1.54) is 11.8 Å². The van der Waals surface area contributed by atoms with Gasteiger partial charge in [0, 0.05) is 16.2 Å². The molecule has 6 heteroatoms. The van der Waals surface area contributed by atoms with Gasteiger partial charge in [0.2, 0.25) is 0 Å². The van der Waals surface area contributed by atoms with Gasteiger partial charge in [0.25, 0.3) is 0 Å². The molecule has 2 rings (SSSR count). The van der Waals surface area contributed by atoms with E-state index < -0.39 is 0 Å². The van der Waals surface area contributed by atoms with Crippen molar-refractivity contribution in [3.05, 3.63) is 34.3 Å². The summed E-state index contributed by atoms with van der Waals surface area (Å²) >= 11 is 4.91. The van der Waals surface area contributed by atoms with Gasteiger partial charge in [0.05, 0.1) is 0 Å². The lowest BCUT2D eigenvalue weighted by Crippen LogP contribution is -2.01. The summed E-state index contributed by atoms with van der Waals surface area (Å²) in [4.78, 5) is 8.48. The van der Waals surface area contributed by atoms with Gasteiger partial charge in [-0.15, -0.1) is 0 Å². The molecule has 0 aliphatic carbocycles. The molecule has 94 valence electrons. The van der Waals surface area contributed by atoms with Gasteiger partial charge < -0.3 is 11.1 Å². The van der Waals surface area contributed by atoms with E-state index in [-0.39, 0.29) is 0 Å². The number of hydrogen-bond acceptors (Lipinski definition) is 5. The number of anilines is 3. The highest BCUT2D eigenvalue weighted by Crippen LogP contribution is 2.25. The fraction of sp³-hybridized carbons (Fsp3) is 0.167. The topological polar surface area (TPSA) is 63.8 Å². The summed E-state index contributed by atoms with van der Waals surface area (Å²) in [6, 6.07) is 7.76. The molecule has 0 radical (unpaired) electrons. The molecule has 0 unspecified atom stereocenters. The maximum absolute atomic E-state index is 5.74. The maximum Gasteiger partial charge on any atom is 0.191 e. The van der Waals surface area contributed by atoms with E-state index in [4.69, 9.17) is 5.73 Å². The van der Waals surface area contributed by atoms with Crippen molar-refractivity contribution in [2.45, 2.75) is 12.1 Å². The fourth-order valence-corrected chi connectivity index (χ4v) is 2.21. The van der Waals surface area contributed by atoms with Crippen LogP contribution in [0.3, 0.4) is 0 Å². The van der Waals surface area contributed by atoms with Crippen molar-refractivity contribution in [2.75, 3.05) is 17.3 Å². The molecular weight excluding hydrogens is 312 g/mol. The molecule has 3 N–H and O–H groups in total. The van der Waals surface area contributed by atoms with Crippen molar-refractivity contribution in [3.63, 3.8) is 0 Å². The number of nitrogens with zero attached hydrogens (tertiary/aromatic N) is 2. The fourth-order valence-electron chi connectivity index (χ4n) is 1.47. The molecule has 0 aliphatic rings. The molecule has 1 heterocycles. The largest absolute Gasteiger partial charge is 0.383 e. The number of aromatic nitrogens is 2. The molecule has 0 saturated carbocycles. The SMILES string of the molecule is CSc1nc(N)cc(Nc2cc(Br)ccc2C)n1. The van der Waals surface area contributed by atoms with Crippen LogP contribution in [0.25, 0.3) is 0 Å². The molecule has 0 spiro atoms. The first-order valence-electron chi connectivity index (χ1n) is 5.30. The van der Waals surface area contributed by atoms with Gasteiger partial charge in [-0.25, -0.2) is 9.97 Å². The Kier molecular flexibility index (Phi) is 4.08. The second kappa shape index (κ2) is 5.58. The summed E-state index contributed by atoms with van der Waals surface area (Å²) in [6.07, 6.45) is 1.92. The molecule has 0 fully saturated rings. The summed E-state index contributed by atoms with van der Waals surface area (Å²) in [6.45, 7) is 2.04. The lowest BCUT2D eigenvalue weighted by molar-refractivity contribution is 0.984. The Bertz CT molecular complexity index is 574. The number of thioether (sulfide) groups is 1. The van der Waals surface area contributed by atoms with Crippen molar-refractivity contribution in [1.82, 2.24) is 9.97 Å². The highest BCUT2D eigenvalue weighted by atomic mass is 79.9. The number of nitrogen functional groups attached to an aromatic ring is 1. The Hall–Kier alpha value is -1.27. The van der Waals surface area contributed by atoms with Crippen LogP contribution in [-0.2, 0) is 0 Å². The number of hydrogen-bond donors (Lipinski definition) is 2. The number of aryl methyl sites for hydroxylation is 1. The van der Waals surface area contributed by atoms with Gasteiger partial charge in [0.15, 0.2) is 5.16 Å². The Morgan fingerprint density at radius 2 is 2.06 bits per heavy atom. The Morgan fingerprint density at radius 3 is 2.78 bits per heavy atom. The van der Waals surface area contributed by atoms with Crippen LogP contribution in [0.1, 0.15) is 5.56 Å². The van der Waals surface area contributed by atoms with Crippen molar-refractivity contribution < 1.29 is 0 Å².